The molecule has 1 amide bonds. The van der Waals surface area contributed by atoms with Crippen molar-refractivity contribution in [2.75, 3.05) is 6.54 Å². The van der Waals surface area contributed by atoms with Crippen molar-refractivity contribution in [3.8, 4) is 0 Å². The van der Waals surface area contributed by atoms with Crippen LogP contribution in [0.3, 0.4) is 0 Å². The van der Waals surface area contributed by atoms with E-state index in [1.807, 2.05) is 6.92 Å². The molecule has 1 aliphatic heterocycles. The molecular weight excluding hydrogens is 261 g/mol. The maximum absolute atomic E-state index is 11.6. The lowest BCUT2D eigenvalue weighted by molar-refractivity contribution is -0.141. The highest BCUT2D eigenvalue weighted by Crippen LogP contribution is 2.31. The number of nitrogens with zero attached hydrogens (tertiary/aromatic N) is 1. The van der Waals surface area contributed by atoms with Crippen molar-refractivity contribution < 1.29 is 9.59 Å². The van der Waals surface area contributed by atoms with Gasteiger partial charge in [0, 0.05) is 23.0 Å². The van der Waals surface area contributed by atoms with Crippen LogP contribution in [0.4, 0.5) is 0 Å². The van der Waals surface area contributed by atoms with Gasteiger partial charge in [-0.1, -0.05) is 29.3 Å². The number of likely N-dealkylation sites (tertiary alicyclic amines) is 1. The molecule has 1 atom stereocenters. The first kappa shape index (κ1) is 12.4. The summed E-state index contributed by atoms with van der Waals surface area (Å²) in [6.45, 7) is 2.31. The van der Waals surface area contributed by atoms with Crippen LogP contribution >= 0.6 is 23.2 Å². The Morgan fingerprint density at radius 3 is 2.53 bits per heavy atom. The minimum atomic E-state index is -0.427. The van der Waals surface area contributed by atoms with E-state index in [0.29, 0.717) is 16.6 Å². The number of hydrogen-bond donors (Lipinski definition) is 0. The topological polar surface area (TPSA) is 37.4 Å². The lowest BCUT2D eigenvalue weighted by atomic mass is 10.1. The third-order valence-electron chi connectivity index (χ3n) is 2.96. The highest BCUT2D eigenvalue weighted by molar-refractivity contribution is 6.38. The van der Waals surface area contributed by atoms with Gasteiger partial charge >= 0.3 is 0 Å². The number of benzene rings is 1. The summed E-state index contributed by atoms with van der Waals surface area (Å²) in [4.78, 5) is 24.4. The van der Waals surface area contributed by atoms with Gasteiger partial charge in [-0.15, -0.1) is 0 Å². The molecule has 0 aromatic heterocycles. The molecule has 1 fully saturated rings. The van der Waals surface area contributed by atoms with Gasteiger partial charge in [0.2, 0.25) is 5.78 Å². The fourth-order valence-electron chi connectivity index (χ4n) is 1.97. The molecular formula is C12H11Cl2NO2. The molecule has 17 heavy (non-hydrogen) atoms. The first-order chi connectivity index (χ1) is 8.00. The van der Waals surface area contributed by atoms with Crippen LogP contribution in [0.2, 0.25) is 10.0 Å². The average molecular weight is 272 g/mol. The highest BCUT2D eigenvalue weighted by Gasteiger charge is 2.33. The van der Waals surface area contributed by atoms with Crippen LogP contribution in [-0.4, -0.2) is 23.1 Å². The number of rotatable bonds is 2. The molecule has 1 aliphatic rings. The first-order valence-electron chi connectivity index (χ1n) is 5.29. The van der Waals surface area contributed by atoms with Crippen LogP contribution in [0, 0.1) is 0 Å². The number of ketones is 1. The average Bonchev–Trinajstić information content (AvgIpc) is 2.59. The molecule has 1 saturated heterocycles. The summed E-state index contributed by atoms with van der Waals surface area (Å²) < 4.78 is 0. The fraction of sp³-hybridized carbons (Fsp3) is 0.333. The van der Waals surface area contributed by atoms with Crippen LogP contribution in [0.1, 0.15) is 24.9 Å². The Hall–Kier alpha value is -1.06. The minimum Gasteiger partial charge on any atom is -0.329 e. The number of carbonyl (C=O) groups is 2. The quantitative estimate of drug-likeness (QED) is 0.776. The van der Waals surface area contributed by atoms with Crippen LogP contribution in [0.5, 0.6) is 0 Å². The van der Waals surface area contributed by atoms with Crippen molar-refractivity contribution in [3.05, 3.63) is 33.8 Å². The maximum Gasteiger partial charge on any atom is 0.290 e. The molecule has 1 heterocycles. The molecule has 90 valence electrons. The van der Waals surface area contributed by atoms with Crippen LogP contribution < -0.4 is 0 Å². The van der Waals surface area contributed by atoms with Gasteiger partial charge in [0.1, 0.15) is 0 Å². The molecule has 0 bridgehead atoms. The van der Waals surface area contributed by atoms with Crippen molar-refractivity contribution in [1.29, 1.82) is 0 Å². The van der Waals surface area contributed by atoms with Crippen LogP contribution in [0.25, 0.3) is 0 Å². The zero-order chi connectivity index (χ0) is 12.6. The number of hydrogen-bond acceptors (Lipinski definition) is 2. The zero-order valence-corrected chi connectivity index (χ0v) is 10.8. The summed E-state index contributed by atoms with van der Waals surface area (Å²) in [5, 5.41) is 1.06. The molecule has 1 unspecified atom stereocenters. The van der Waals surface area contributed by atoms with E-state index in [9.17, 15) is 9.59 Å². The van der Waals surface area contributed by atoms with Gasteiger partial charge in [0.15, 0.2) is 0 Å². The van der Waals surface area contributed by atoms with Gasteiger partial charge in [-0.3, -0.25) is 9.59 Å². The molecule has 3 nitrogen and oxygen atoms in total. The summed E-state index contributed by atoms with van der Waals surface area (Å²) in [6, 6.07) is 4.93. The van der Waals surface area contributed by atoms with Crippen molar-refractivity contribution in [2.45, 2.75) is 19.4 Å². The summed E-state index contributed by atoms with van der Waals surface area (Å²) in [5.74, 6) is -0.759. The van der Waals surface area contributed by atoms with Gasteiger partial charge in [0.05, 0.1) is 6.04 Å². The lowest BCUT2D eigenvalue weighted by Gasteiger charge is -2.24. The monoisotopic (exact) mass is 271 g/mol. The fourth-order valence-corrected chi connectivity index (χ4v) is 2.53. The van der Waals surface area contributed by atoms with Crippen molar-refractivity contribution >= 4 is 34.9 Å². The molecule has 0 spiro atoms. The third kappa shape index (κ3) is 2.31. The molecule has 1 aromatic carbocycles. The SMILES string of the molecule is CC(c1ccc(Cl)cc1Cl)N1CCC(=O)C1=O. The van der Waals surface area contributed by atoms with Crippen molar-refractivity contribution in [2.24, 2.45) is 0 Å². The molecule has 5 heteroatoms. The molecule has 0 N–H and O–H groups in total. The van der Waals surface area contributed by atoms with Gasteiger partial charge in [0.25, 0.3) is 5.91 Å². The predicted molar refractivity (Wildman–Crippen MR) is 66.2 cm³/mol. The van der Waals surface area contributed by atoms with E-state index in [2.05, 4.69) is 0 Å². The van der Waals surface area contributed by atoms with E-state index in [1.54, 1.807) is 18.2 Å². The van der Waals surface area contributed by atoms with Crippen molar-refractivity contribution in [1.82, 2.24) is 4.90 Å². The smallest absolute Gasteiger partial charge is 0.290 e. The van der Waals surface area contributed by atoms with E-state index in [1.165, 1.54) is 4.90 Å². The second-order valence-electron chi connectivity index (χ2n) is 4.01. The summed E-state index contributed by atoms with van der Waals surface area (Å²) in [7, 11) is 0. The molecule has 1 aromatic rings. The van der Waals surface area contributed by atoms with E-state index in [-0.39, 0.29) is 18.2 Å². The summed E-state index contributed by atoms with van der Waals surface area (Å²) >= 11 is 11.9. The van der Waals surface area contributed by atoms with Gasteiger partial charge < -0.3 is 4.90 Å². The van der Waals surface area contributed by atoms with E-state index < -0.39 is 5.91 Å². The Kier molecular flexibility index (Phi) is 3.40. The number of amides is 1. The summed E-state index contributed by atoms with van der Waals surface area (Å²) in [6.07, 6.45) is 0.286. The highest BCUT2D eigenvalue weighted by atomic mass is 35.5. The predicted octanol–water partition coefficient (Wildman–Crippen LogP) is 2.86. The second-order valence-corrected chi connectivity index (χ2v) is 4.86. The number of halogens is 2. The number of carbonyl (C=O) groups excluding carboxylic acids is 2. The van der Waals surface area contributed by atoms with Crippen LogP contribution in [-0.2, 0) is 9.59 Å². The minimum absolute atomic E-state index is 0.210. The third-order valence-corrected chi connectivity index (χ3v) is 3.52. The van der Waals surface area contributed by atoms with Gasteiger partial charge in [-0.2, -0.15) is 0 Å². The van der Waals surface area contributed by atoms with E-state index >= 15 is 0 Å². The number of Topliss-reactive ketones (excluding diaryl/α,β-unsaturated/α-hetero) is 1. The molecule has 2 rings (SSSR count). The Balaban J connectivity index is 2.28. The second kappa shape index (κ2) is 4.67. The first-order valence-corrected chi connectivity index (χ1v) is 6.05. The molecule has 0 radical (unpaired) electrons. The van der Waals surface area contributed by atoms with Crippen molar-refractivity contribution in [3.63, 3.8) is 0 Å². The zero-order valence-electron chi connectivity index (χ0n) is 9.24. The summed E-state index contributed by atoms with van der Waals surface area (Å²) in [5.41, 5.74) is 0.805. The van der Waals surface area contributed by atoms with Crippen LogP contribution in [0.15, 0.2) is 18.2 Å². The lowest BCUT2D eigenvalue weighted by Crippen LogP contribution is -2.30. The van der Waals surface area contributed by atoms with Gasteiger partial charge in [-0.05, 0) is 24.6 Å². The maximum atomic E-state index is 11.6. The molecule has 0 saturated carbocycles. The Labute approximate surface area is 109 Å². The Morgan fingerprint density at radius 1 is 1.29 bits per heavy atom. The van der Waals surface area contributed by atoms with E-state index in [4.69, 9.17) is 23.2 Å². The van der Waals surface area contributed by atoms with E-state index in [0.717, 1.165) is 5.56 Å². The Morgan fingerprint density at radius 2 is 2.00 bits per heavy atom. The standard InChI is InChI=1S/C12H11Cl2NO2/c1-7(15-5-4-11(16)12(15)17)9-3-2-8(13)6-10(9)14/h2-3,6-7H,4-5H2,1H3. The Bertz CT molecular complexity index is 487. The largest absolute Gasteiger partial charge is 0.329 e. The normalized spacial score (nSPS) is 17.7. The molecule has 0 aliphatic carbocycles. The van der Waals surface area contributed by atoms with Gasteiger partial charge in [-0.25, -0.2) is 0 Å².